The van der Waals surface area contributed by atoms with Crippen LogP contribution in [0, 0.1) is 0 Å². The van der Waals surface area contributed by atoms with Gasteiger partial charge in [0, 0.05) is 5.92 Å². The molecule has 80 valence electrons. The van der Waals surface area contributed by atoms with Crippen molar-refractivity contribution in [2.24, 2.45) is 0 Å². The number of allylic oxidation sites excluding steroid dienone is 1. The SMILES string of the molecule is C=C1C(c2ccccc2)CCC[Si]1(C)C. The highest BCUT2D eigenvalue weighted by molar-refractivity contribution is 6.84. The van der Waals surface area contributed by atoms with E-state index in [2.05, 4.69) is 50.0 Å². The van der Waals surface area contributed by atoms with Crippen LogP contribution in [-0.4, -0.2) is 8.07 Å². The summed E-state index contributed by atoms with van der Waals surface area (Å²) in [4.78, 5) is 0. The van der Waals surface area contributed by atoms with Gasteiger partial charge in [0.25, 0.3) is 0 Å². The molecule has 1 aromatic rings. The summed E-state index contributed by atoms with van der Waals surface area (Å²) in [5.74, 6) is 0.640. The molecule has 1 atom stereocenters. The second kappa shape index (κ2) is 3.97. The van der Waals surface area contributed by atoms with Gasteiger partial charge in [-0.25, -0.2) is 0 Å². The summed E-state index contributed by atoms with van der Waals surface area (Å²) in [7, 11) is -1.13. The molecule has 0 aliphatic carbocycles. The summed E-state index contributed by atoms with van der Waals surface area (Å²) in [5, 5.41) is 1.56. The molecule has 0 N–H and O–H groups in total. The second-order valence-electron chi connectivity index (χ2n) is 5.26. The maximum absolute atomic E-state index is 4.39. The molecular formula is C14H20Si. The Labute approximate surface area is 94.0 Å². The van der Waals surface area contributed by atoms with Crippen molar-refractivity contribution in [3.63, 3.8) is 0 Å². The number of rotatable bonds is 1. The van der Waals surface area contributed by atoms with Gasteiger partial charge in [0.2, 0.25) is 0 Å². The second-order valence-corrected chi connectivity index (χ2v) is 10.2. The Morgan fingerprint density at radius 1 is 1.20 bits per heavy atom. The van der Waals surface area contributed by atoms with Crippen LogP contribution in [0.15, 0.2) is 42.1 Å². The zero-order valence-corrected chi connectivity index (χ0v) is 10.8. The molecule has 0 bridgehead atoms. The smallest absolute Gasteiger partial charge is 0.0755 e. The largest absolute Gasteiger partial charge is 0.103 e. The maximum atomic E-state index is 4.39. The Kier molecular flexibility index (Phi) is 2.83. The minimum Gasteiger partial charge on any atom is -0.103 e. The first-order valence-electron chi connectivity index (χ1n) is 5.85. The van der Waals surface area contributed by atoms with Gasteiger partial charge in [-0.05, 0) is 12.0 Å². The number of benzene rings is 1. The van der Waals surface area contributed by atoms with Gasteiger partial charge in [-0.1, -0.05) is 61.1 Å². The standard InChI is InChI=1S/C14H20Si/c1-12-14(10-7-11-15(12,2)3)13-8-5-4-6-9-13/h4-6,8-9,14H,1,7,10-11H2,2-3H3. The Morgan fingerprint density at radius 3 is 2.53 bits per heavy atom. The van der Waals surface area contributed by atoms with E-state index in [1.165, 1.54) is 24.4 Å². The fourth-order valence-electron chi connectivity index (χ4n) is 2.61. The molecule has 0 aromatic heterocycles. The molecule has 1 saturated heterocycles. The van der Waals surface area contributed by atoms with Gasteiger partial charge in [-0.2, -0.15) is 0 Å². The quantitative estimate of drug-likeness (QED) is 0.612. The summed E-state index contributed by atoms with van der Waals surface area (Å²) in [6, 6.07) is 12.3. The molecule has 1 aliphatic rings. The fourth-order valence-corrected chi connectivity index (χ4v) is 5.27. The lowest BCUT2D eigenvalue weighted by atomic mass is 9.94. The van der Waals surface area contributed by atoms with Gasteiger partial charge in [0.05, 0.1) is 8.07 Å². The van der Waals surface area contributed by atoms with Crippen LogP contribution in [0.3, 0.4) is 0 Å². The van der Waals surface area contributed by atoms with Crippen LogP contribution < -0.4 is 0 Å². The topological polar surface area (TPSA) is 0 Å². The lowest BCUT2D eigenvalue weighted by Crippen LogP contribution is -2.35. The van der Waals surface area contributed by atoms with Crippen LogP contribution >= 0.6 is 0 Å². The van der Waals surface area contributed by atoms with E-state index < -0.39 is 8.07 Å². The molecule has 0 saturated carbocycles. The van der Waals surface area contributed by atoms with Crippen LogP contribution in [0.4, 0.5) is 0 Å². The molecular weight excluding hydrogens is 196 g/mol. The highest BCUT2D eigenvalue weighted by Crippen LogP contribution is 2.41. The molecule has 2 rings (SSSR count). The minimum atomic E-state index is -1.13. The van der Waals surface area contributed by atoms with Crippen molar-refractivity contribution < 1.29 is 0 Å². The molecule has 0 nitrogen and oxygen atoms in total. The van der Waals surface area contributed by atoms with Gasteiger partial charge in [0.15, 0.2) is 0 Å². The minimum absolute atomic E-state index is 0.640. The van der Waals surface area contributed by atoms with Crippen molar-refractivity contribution in [2.45, 2.75) is 37.9 Å². The Morgan fingerprint density at radius 2 is 1.87 bits per heavy atom. The van der Waals surface area contributed by atoms with Crippen LogP contribution in [0.25, 0.3) is 0 Å². The van der Waals surface area contributed by atoms with Gasteiger partial charge in [-0.3, -0.25) is 0 Å². The monoisotopic (exact) mass is 216 g/mol. The van der Waals surface area contributed by atoms with Crippen LogP contribution in [0.5, 0.6) is 0 Å². The van der Waals surface area contributed by atoms with E-state index in [1.54, 1.807) is 5.20 Å². The van der Waals surface area contributed by atoms with Crippen molar-refractivity contribution in [1.29, 1.82) is 0 Å². The summed E-state index contributed by atoms with van der Waals surface area (Å²) in [6.45, 7) is 9.31. The van der Waals surface area contributed by atoms with Crippen molar-refractivity contribution in [3.8, 4) is 0 Å². The van der Waals surface area contributed by atoms with Crippen molar-refractivity contribution in [3.05, 3.63) is 47.7 Å². The third-order valence-electron chi connectivity index (χ3n) is 3.79. The lowest BCUT2D eigenvalue weighted by Gasteiger charge is -2.37. The fraction of sp³-hybridized carbons (Fsp3) is 0.429. The summed E-state index contributed by atoms with van der Waals surface area (Å²) >= 11 is 0. The molecule has 1 unspecified atom stereocenters. The average Bonchev–Trinajstić information content (AvgIpc) is 2.23. The van der Waals surface area contributed by atoms with E-state index in [9.17, 15) is 0 Å². The Bertz CT molecular complexity index is 351. The third kappa shape index (κ3) is 2.07. The van der Waals surface area contributed by atoms with E-state index in [0.29, 0.717) is 5.92 Å². The van der Waals surface area contributed by atoms with Crippen LogP contribution in [0.1, 0.15) is 24.3 Å². The van der Waals surface area contributed by atoms with E-state index in [4.69, 9.17) is 0 Å². The first kappa shape index (κ1) is 10.7. The van der Waals surface area contributed by atoms with Crippen LogP contribution in [-0.2, 0) is 0 Å². The number of hydrogen-bond acceptors (Lipinski definition) is 0. The molecule has 0 spiro atoms. The third-order valence-corrected chi connectivity index (χ3v) is 7.48. The Hall–Kier alpha value is -0.823. The predicted octanol–water partition coefficient (Wildman–Crippen LogP) is 4.37. The summed E-state index contributed by atoms with van der Waals surface area (Å²) in [6.07, 6.45) is 2.69. The molecule has 1 fully saturated rings. The molecule has 1 aromatic carbocycles. The maximum Gasteiger partial charge on any atom is 0.0755 e. The van der Waals surface area contributed by atoms with E-state index in [-0.39, 0.29) is 0 Å². The molecule has 1 heteroatoms. The average molecular weight is 216 g/mol. The first-order valence-corrected chi connectivity index (χ1v) is 9.06. The molecule has 1 aliphatic heterocycles. The van der Waals surface area contributed by atoms with Gasteiger partial charge < -0.3 is 0 Å². The highest BCUT2D eigenvalue weighted by atomic mass is 28.3. The van der Waals surface area contributed by atoms with Crippen molar-refractivity contribution in [1.82, 2.24) is 0 Å². The summed E-state index contributed by atoms with van der Waals surface area (Å²) in [5.41, 5.74) is 1.47. The van der Waals surface area contributed by atoms with Gasteiger partial charge >= 0.3 is 0 Å². The van der Waals surface area contributed by atoms with Crippen molar-refractivity contribution in [2.75, 3.05) is 0 Å². The van der Waals surface area contributed by atoms with Gasteiger partial charge in [0.1, 0.15) is 0 Å². The van der Waals surface area contributed by atoms with E-state index >= 15 is 0 Å². The summed E-state index contributed by atoms with van der Waals surface area (Å²) < 4.78 is 0. The van der Waals surface area contributed by atoms with E-state index in [0.717, 1.165) is 0 Å². The van der Waals surface area contributed by atoms with Crippen LogP contribution in [0.2, 0.25) is 19.1 Å². The van der Waals surface area contributed by atoms with Crippen molar-refractivity contribution >= 4 is 8.07 Å². The predicted molar refractivity (Wildman–Crippen MR) is 69.8 cm³/mol. The van der Waals surface area contributed by atoms with Gasteiger partial charge in [-0.15, -0.1) is 6.58 Å². The molecule has 0 radical (unpaired) electrons. The first-order chi connectivity index (χ1) is 7.11. The van der Waals surface area contributed by atoms with E-state index in [1.807, 2.05) is 0 Å². The zero-order chi connectivity index (χ0) is 10.9. The zero-order valence-electron chi connectivity index (χ0n) is 9.79. The molecule has 1 heterocycles. The Balaban J connectivity index is 2.27. The highest BCUT2D eigenvalue weighted by Gasteiger charge is 2.34. The lowest BCUT2D eigenvalue weighted by molar-refractivity contribution is 0.672. The molecule has 0 amide bonds. The number of hydrogen-bond donors (Lipinski definition) is 0. The molecule has 15 heavy (non-hydrogen) atoms. The normalized spacial score (nSPS) is 25.2.